The van der Waals surface area contributed by atoms with E-state index in [2.05, 4.69) is 16.8 Å². The minimum Gasteiger partial charge on any atom is -0.332 e. The van der Waals surface area contributed by atoms with Crippen molar-refractivity contribution in [1.82, 2.24) is 4.90 Å². The second-order valence-corrected chi connectivity index (χ2v) is 7.29. The molecule has 0 aliphatic rings. The third-order valence-electron chi connectivity index (χ3n) is 4.09. The lowest BCUT2D eigenvalue weighted by Crippen LogP contribution is -3.08. The number of aryl methyl sites for hydroxylation is 2. The van der Waals surface area contributed by atoms with Crippen LogP contribution in [-0.2, 0) is 16.1 Å². The Bertz CT molecular complexity index is 708. The van der Waals surface area contributed by atoms with Gasteiger partial charge in [0.25, 0.3) is 5.91 Å². The number of amides is 2. The molecule has 2 N–H and O–H groups in total. The number of hydrogen-bond donors (Lipinski definition) is 2. The molecule has 134 valence electrons. The van der Waals surface area contributed by atoms with E-state index in [1.807, 2.05) is 44.5 Å². The Balaban J connectivity index is 1.84. The van der Waals surface area contributed by atoms with Gasteiger partial charge in [0.1, 0.15) is 6.54 Å². The molecular formula is C19H26N3O2S+. The second kappa shape index (κ2) is 8.78. The number of carbonyl (C=O) groups is 2. The largest absolute Gasteiger partial charge is 0.332 e. The highest BCUT2D eigenvalue weighted by Crippen LogP contribution is 2.19. The summed E-state index contributed by atoms with van der Waals surface area (Å²) in [6, 6.07) is 7.95. The van der Waals surface area contributed by atoms with Crippen molar-refractivity contribution in [3.05, 3.63) is 51.7 Å². The number of likely N-dealkylation sites (N-methyl/N-ethyl adjacent to an activating group) is 2. The Hall–Kier alpha value is -2.18. The molecule has 25 heavy (non-hydrogen) atoms. The summed E-state index contributed by atoms with van der Waals surface area (Å²) in [5.74, 6) is -0.215. The molecule has 0 bridgehead atoms. The van der Waals surface area contributed by atoms with Crippen LogP contribution in [0.4, 0.5) is 5.69 Å². The number of nitrogens with zero attached hydrogens (tertiary/aromatic N) is 1. The van der Waals surface area contributed by atoms with E-state index in [9.17, 15) is 9.59 Å². The third kappa shape index (κ3) is 5.69. The predicted octanol–water partition coefficient (Wildman–Crippen LogP) is 1.48. The van der Waals surface area contributed by atoms with Crippen molar-refractivity contribution in [2.24, 2.45) is 0 Å². The summed E-state index contributed by atoms with van der Waals surface area (Å²) in [7, 11) is 3.66. The van der Waals surface area contributed by atoms with Crippen LogP contribution >= 0.6 is 11.3 Å². The van der Waals surface area contributed by atoms with Crippen LogP contribution in [0.2, 0.25) is 0 Å². The summed E-state index contributed by atoms with van der Waals surface area (Å²) in [4.78, 5) is 27.2. The highest BCUT2D eigenvalue weighted by molar-refractivity contribution is 7.07. The van der Waals surface area contributed by atoms with Crippen LogP contribution in [0.3, 0.4) is 0 Å². The van der Waals surface area contributed by atoms with Gasteiger partial charge in [0.15, 0.2) is 6.54 Å². The van der Waals surface area contributed by atoms with Crippen molar-refractivity contribution in [1.29, 1.82) is 0 Å². The Morgan fingerprint density at radius 2 is 1.88 bits per heavy atom. The number of carbonyl (C=O) groups excluding carboxylic acids is 2. The summed E-state index contributed by atoms with van der Waals surface area (Å²) in [5.41, 5.74) is 4.09. The van der Waals surface area contributed by atoms with Gasteiger partial charge in [-0.3, -0.25) is 9.59 Å². The van der Waals surface area contributed by atoms with Crippen LogP contribution in [0.25, 0.3) is 0 Å². The molecule has 2 amide bonds. The van der Waals surface area contributed by atoms with Gasteiger partial charge in [0.2, 0.25) is 5.91 Å². The molecule has 1 aromatic carbocycles. The van der Waals surface area contributed by atoms with Gasteiger partial charge in [-0.1, -0.05) is 18.2 Å². The summed E-state index contributed by atoms with van der Waals surface area (Å²) in [6.07, 6.45) is 0. The average molecular weight is 361 g/mol. The van der Waals surface area contributed by atoms with E-state index >= 15 is 0 Å². The molecule has 0 saturated heterocycles. The van der Waals surface area contributed by atoms with Gasteiger partial charge in [0, 0.05) is 18.3 Å². The maximum absolute atomic E-state index is 12.3. The van der Waals surface area contributed by atoms with Crippen molar-refractivity contribution < 1.29 is 14.5 Å². The first-order valence-corrected chi connectivity index (χ1v) is 9.23. The van der Waals surface area contributed by atoms with Crippen LogP contribution in [-0.4, -0.2) is 43.9 Å². The molecule has 1 heterocycles. The SMILES string of the molecule is Cc1cccc(C)c1NC(=O)CN(C)C(=O)C[NH+](C)Cc1ccsc1. The Labute approximate surface area is 153 Å². The molecule has 6 heteroatoms. The zero-order valence-electron chi connectivity index (χ0n) is 15.3. The highest BCUT2D eigenvalue weighted by atomic mass is 32.1. The van der Waals surface area contributed by atoms with Crippen LogP contribution in [0.5, 0.6) is 0 Å². The molecule has 0 radical (unpaired) electrons. The number of thiophene rings is 1. The van der Waals surface area contributed by atoms with Crippen molar-refractivity contribution in [3.63, 3.8) is 0 Å². The van der Waals surface area contributed by atoms with E-state index in [4.69, 9.17) is 0 Å². The smallest absolute Gasteiger partial charge is 0.277 e. The summed E-state index contributed by atoms with van der Waals surface area (Å²) < 4.78 is 0. The number of nitrogens with one attached hydrogen (secondary N) is 2. The highest BCUT2D eigenvalue weighted by Gasteiger charge is 2.18. The van der Waals surface area contributed by atoms with Gasteiger partial charge >= 0.3 is 0 Å². The van der Waals surface area contributed by atoms with Crippen LogP contribution < -0.4 is 10.2 Å². The summed E-state index contributed by atoms with van der Waals surface area (Å²) in [6.45, 7) is 5.14. The van der Waals surface area contributed by atoms with Gasteiger partial charge in [0.05, 0.1) is 13.6 Å². The summed E-state index contributed by atoms with van der Waals surface area (Å²) >= 11 is 1.66. The zero-order chi connectivity index (χ0) is 18.4. The molecule has 0 fully saturated rings. The molecule has 0 aliphatic carbocycles. The molecule has 1 atom stereocenters. The first-order chi connectivity index (χ1) is 11.9. The van der Waals surface area contributed by atoms with Crippen molar-refractivity contribution in [2.75, 3.05) is 32.5 Å². The van der Waals surface area contributed by atoms with Gasteiger partial charge in [-0.15, -0.1) is 0 Å². The van der Waals surface area contributed by atoms with E-state index < -0.39 is 0 Å². The zero-order valence-corrected chi connectivity index (χ0v) is 16.1. The fraction of sp³-hybridized carbons (Fsp3) is 0.368. The van der Waals surface area contributed by atoms with E-state index in [0.29, 0.717) is 6.54 Å². The molecule has 2 aromatic rings. The number of anilines is 1. The minimum absolute atomic E-state index is 0.0376. The Morgan fingerprint density at radius 1 is 1.20 bits per heavy atom. The second-order valence-electron chi connectivity index (χ2n) is 6.51. The topological polar surface area (TPSA) is 53.9 Å². The molecule has 0 saturated carbocycles. The first-order valence-electron chi connectivity index (χ1n) is 8.29. The number of hydrogen-bond acceptors (Lipinski definition) is 3. The maximum Gasteiger partial charge on any atom is 0.277 e. The fourth-order valence-corrected chi connectivity index (χ4v) is 3.36. The van der Waals surface area contributed by atoms with Gasteiger partial charge in [-0.25, -0.2) is 0 Å². The monoisotopic (exact) mass is 360 g/mol. The minimum atomic E-state index is -0.177. The lowest BCUT2D eigenvalue weighted by atomic mass is 10.1. The van der Waals surface area contributed by atoms with E-state index in [1.165, 1.54) is 10.5 Å². The molecule has 1 unspecified atom stereocenters. The number of quaternary nitrogens is 1. The Morgan fingerprint density at radius 3 is 2.48 bits per heavy atom. The molecule has 1 aromatic heterocycles. The predicted molar refractivity (Wildman–Crippen MR) is 102 cm³/mol. The number of rotatable bonds is 7. The maximum atomic E-state index is 12.3. The molecule has 2 rings (SSSR count). The summed E-state index contributed by atoms with van der Waals surface area (Å²) in [5, 5.41) is 7.04. The average Bonchev–Trinajstić information content (AvgIpc) is 3.03. The van der Waals surface area contributed by atoms with Gasteiger partial charge < -0.3 is 15.1 Å². The fourth-order valence-electron chi connectivity index (χ4n) is 2.69. The first kappa shape index (κ1) is 19.1. The van der Waals surface area contributed by atoms with Crippen LogP contribution in [0.15, 0.2) is 35.0 Å². The van der Waals surface area contributed by atoms with E-state index in [0.717, 1.165) is 28.3 Å². The standard InChI is InChI=1S/C19H25N3O2S/c1-14-6-5-7-15(2)19(14)20-17(23)11-22(4)18(24)12-21(3)10-16-8-9-25-13-16/h5-9,13H,10-12H2,1-4H3,(H,20,23)/p+1. The van der Waals surface area contributed by atoms with E-state index in [1.54, 1.807) is 18.4 Å². The van der Waals surface area contributed by atoms with Crippen molar-refractivity contribution >= 4 is 28.8 Å². The number of benzene rings is 1. The molecule has 5 nitrogen and oxygen atoms in total. The normalized spacial score (nSPS) is 11.8. The van der Waals surface area contributed by atoms with Crippen LogP contribution in [0, 0.1) is 13.8 Å². The van der Waals surface area contributed by atoms with Gasteiger partial charge in [-0.05, 0) is 41.8 Å². The Kier molecular flexibility index (Phi) is 6.73. The van der Waals surface area contributed by atoms with E-state index in [-0.39, 0.29) is 18.4 Å². The van der Waals surface area contributed by atoms with Crippen molar-refractivity contribution in [2.45, 2.75) is 20.4 Å². The molecule has 0 spiro atoms. The third-order valence-corrected chi connectivity index (χ3v) is 4.82. The number of para-hydroxylation sites is 1. The quantitative estimate of drug-likeness (QED) is 0.786. The lowest BCUT2D eigenvalue weighted by molar-refractivity contribution is -0.885. The van der Waals surface area contributed by atoms with Gasteiger partial charge in [-0.2, -0.15) is 11.3 Å². The van der Waals surface area contributed by atoms with Crippen molar-refractivity contribution in [3.8, 4) is 0 Å². The molecule has 0 aliphatic heterocycles. The molecular weight excluding hydrogens is 334 g/mol. The lowest BCUT2D eigenvalue weighted by Gasteiger charge is -2.20. The van der Waals surface area contributed by atoms with Crippen LogP contribution in [0.1, 0.15) is 16.7 Å².